The molecular weight excluding hydrogens is 354 g/mol. The van der Waals surface area contributed by atoms with E-state index in [0.717, 1.165) is 18.4 Å². The molecule has 2 atom stereocenters. The second-order valence-electron chi connectivity index (χ2n) is 6.04. The molecule has 2 N–H and O–H groups in total. The summed E-state index contributed by atoms with van der Waals surface area (Å²) in [6.07, 6.45) is 1.84. The van der Waals surface area contributed by atoms with Crippen LogP contribution in [0.15, 0.2) is 40.8 Å². The van der Waals surface area contributed by atoms with E-state index in [9.17, 15) is 9.59 Å². The Morgan fingerprint density at radius 3 is 2.69 bits per heavy atom. The average Bonchev–Trinajstić information content (AvgIpc) is 3.31. The van der Waals surface area contributed by atoms with Crippen LogP contribution >= 0.6 is 11.8 Å². The van der Waals surface area contributed by atoms with Gasteiger partial charge in [-0.15, -0.1) is 11.8 Å². The zero-order chi connectivity index (χ0) is 18.5. The van der Waals surface area contributed by atoms with Crippen molar-refractivity contribution in [2.24, 2.45) is 0 Å². The number of hydrogen-bond acceptors (Lipinski definition) is 6. The van der Waals surface area contributed by atoms with Crippen LogP contribution in [0.25, 0.3) is 11.3 Å². The van der Waals surface area contributed by atoms with E-state index in [1.54, 1.807) is 12.1 Å². The number of ether oxygens (including phenoxy) is 1. The summed E-state index contributed by atoms with van der Waals surface area (Å²) in [6.45, 7) is 2.48. The molecule has 1 fully saturated rings. The van der Waals surface area contributed by atoms with Crippen LogP contribution in [0.5, 0.6) is 0 Å². The molecule has 1 aliphatic rings. The lowest BCUT2D eigenvalue weighted by Crippen LogP contribution is -2.33. The fourth-order valence-corrected chi connectivity index (χ4v) is 3.77. The lowest BCUT2D eigenvalue weighted by atomic mass is 10.1. The molecule has 2 unspecified atom stereocenters. The second kappa shape index (κ2) is 8.42. The minimum absolute atomic E-state index is 0.169. The predicted molar refractivity (Wildman–Crippen MR) is 99.1 cm³/mol. The van der Waals surface area contributed by atoms with Gasteiger partial charge < -0.3 is 14.3 Å². The van der Waals surface area contributed by atoms with E-state index in [1.165, 1.54) is 11.8 Å². The van der Waals surface area contributed by atoms with Crippen LogP contribution in [0.3, 0.4) is 0 Å². The molecule has 0 spiro atoms. The van der Waals surface area contributed by atoms with E-state index in [2.05, 4.69) is 5.32 Å². The summed E-state index contributed by atoms with van der Waals surface area (Å²) in [5.74, 6) is 0.693. The first-order valence-corrected chi connectivity index (χ1v) is 9.61. The van der Waals surface area contributed by atoms with E-state index >= 15 is 0 Å². The van der Waals surface area contributed by atoms with Crippen molar-refractivity contribution in [1.82, 2.24) is 5.32 Å². The van der Waals surface area contributed by atoms with Gasteiger partial charge in [-0.1, -0.05) is 25.5 Å². The number of carboxylic acids is 1. The molecule has 1 aliphatic heterocycles. The quantitative estimate of drug-likeness (QED) is 0.563. The van der Waals surface area contributed by atoms with Crippen LogP contribution in [-0.4, -0.2) is 35.4 Å². The number of rotatable bonds is 7. The molecule has 2 aromatic rings. The summed E-state index contributed by atoms with van der Waals surface area (Å²) < 4.78 is 11.1. The van der Waals surface area contributed by atoms with Crippen LogP contribution in [0.1, 0.15) is 41.3 Å². The highest BCUT2D eigenvalue weighted by Crippen LogP contribution is 2.35. The largest absolute Gasteiger partial charge is 0.480 e. The van der Waals surface area contributed by atoms with Crippen molar-refractivity contribution in [1.29, 1.82) is 0 Å². The van der Waals surface area contributed by atoms with Gasteiger partial charge in [0.2, 0.25) is 0 Å². The van der Waals surface area contributed by atoms with Gasteiger partial charge in [0.1, 0.15) is 22.9 Å². The molecule has 7 heteroatoms. The highest BCUT2D eigenvalue weighted by molar-refractivity contribution is 7.99. The van der Waals surface area contributed by atoms with Crippen molar-refractivity contribution in [2.75, 3.05) is 12.4 Å². The number of carboxylic acid groups (broad SMARTS) is 1. The maximum Gasteiger partial charge on any atom is 0.338 e. The summed E-state index contributed by atoms with van der Waals surface area (Å²) in [5, 5.41) is 11.9. The van der Waals surface area contributed by atoms with Crippen molar-refractivity contribution in [3.05, 3.63) is 47.7 Å². The summed E-state index contributed by atoms with van der Waals surface area (Å²) in [5.41, 5.74) is 1.35. The molecule has 0 bridgehead atoms. The molecule has 1 saturated heterocycles. The number of aliphatic carboxylic acids is 1. The number of carbonyl (C=O) groups excluding carboxylic acids is 1. The van der Waals surface area contributed by atoms with E-state index in [1.807, 2.05) is 31.2 Å². The third kappa shape index (κ3) is 4.28. The zero-order valence-electron chi connectivity index (χ0n) is 14.4. The highest BCUT2D eigenvalue weighted by Gasteiger charge is 2.32. The van der Waals surface area contributed by atoms with Crippen molar-refractivity contribution < 1.29 is 23.8 Å². The molecule has 6 nitrogen and oxygen atoms in total. The Labute approximate surface area is 155 Å². The van der Waals surface area contributed by atoms with Gasteiger partial charge in [0.15, 0.2) is 0 Å². The van der Waals surface area contributed by atoms with E-state index in [0.29, 0.717) is 29.4 Å². The lowest BCUT2D eigenvalue weighted by molar-refractivity contribution is -0.138. The monoisotopic (exact) mass is 375 g/mol. The zero-order valence-corrected chi connectivity index (χ0v) is 15.3. The summed E-state index contributed by atoms with van der Waals surface area (Å²) in [4.78, 5) is 23.0. The first-order valence-electron chi connectivity index (χ1n) is 8.56. The van der Waals surface area contributed by atoms with Gasteiger partial charge in [-0.05, 0) is 30.7 Å². The van der Waals surface area contributed by atoms with Crippen LogP contribution < -0.4 is 5.32 Å². The summed E-state index contributed by atoms with van der Waals surface area (Å²) >= 11 is 1.51. The number of hydrogen-bond donors (Lipinski definition) is 2. The van der Waals surface area contributed by atoms with Crippen molar-refractivity contribution in [3.8, 4) is 11.3 Å². The SMILES string of the molecule is CCCCOC(=O)c1ccc(-c2ccc(C3NC(C(=O)O)CS3)o2)cc1. The first-order chi connectivity index (χ1) is 12.6. The number of esters is 1. The lowest BCUT2D eigenvalue weighted by Gasteiger charge is -2.08. The molecule has 2 heterocycles. The number of thioether (sulfide) groups is 1. The summed E-state index contributed by atoms with van der Waals surface area (Å²) in [7, 11) is 0. The van der Waals surface area contributed by atoms with Gasteiger partial charge in [0, 0.05) is 11.3 Å². The Morgan fingerprint density at radius 2 is 2.04 bits per heavy atom. The third-order valence-corrected chi connectivity index (χ3v) is 5.33. The normalized spacial score (nSPS) is 19.4. The van der Waals surface area contributed by atoms with Crippen LogP contribution in [0.2, 0.25) is 0 Å². The van der Waals surface area contributed by atoms with Crippen molar-refractivity contribution in [3.63, 3.8) is 0 Å². The Bertz CT molecular complexity index is 770. The van der Waals surface area contributed by atoms with Gasteiger partial charge in [-0.3, -0.25) is 10.1 Å². The van der Waals surface area contributed by atoms with Gasteiger partial charge in [-0.25, -0.2) is 4.79 Å². The number of unbranched alkanes of at least 4 members (excludes halogenated alkanes) is 1. The molecule has 0 aliphatic carbocycles. The Kier molecular flexibility index (Phi) is 6.00. The summed E-state index contributed by atoms with van der Waals surface area (Å²) in [6, 6.07) is 10.2. The molecular formula is C19H21NO5S. The predicted octanol–water partition coefficient (Wildman–Crippen LogP) is 3.69. The second-order valence-corrected chi connectivity index (χ2v) is 7.18. The Hall–Kier alpha value is -2.25. The fourth-order valence-electron chi connectivity index (χ4n) is 2.59. The number of benzene rings is 1. The average molecular weight is 375 g/mol. The maximum absolute atomic E-state index is 11.9. The minimum Gasteiger partial charge on any atom is -0.480 e. The molecule has 138 valence electrons. The molecule has 3 rings (SSSR count). The van der Waals surface area contributed by atoms with Crippen molar-refractivity contribution in [2.45, 2.75) is 31.2 Å². The minimum atomic E-state index is -0.854. The van der Waals surface area contributed by atoms with Gasteiger partial charge >= 0.3 is 11.9 Å². The van der Waals surface area contributed by atoms with E-state index in [-0.39, 0.29) is 11.3 Å². The Morgan fingerprint density at radius 1 is 1.27 bits per heavy atom. The smallest absolute Gasteiger partial charge is 0.338 e. The molecule has 1 aromatic carbocycles. The topological polar surface area (TPSA) is 88.8 Å². The molecule has 0 saturated carbocycles. The van der Waals surface area contributed by atoms with Gasteiger partial charge in [-0.2, -0.15) is 0 Å². The van der Waals surface area contributed by atoms with Crippen LogP contribution in [0.4, 0.5) is 0 Å². The first kappa shape index (κ1) is 18.5. The standard InChI is InChI=1S/C19H21NO5S/c1-2-3-10-24-19(23)13-6-4-12(5-7-13)15-8-9-16(25-15)17-20-14(11-26-17)18(21)22/h4-9,14,17,20H,2-3,10-11H2,1H3,(H,21,22). The fraction of sp³-hybridized carbons (Fsp3) is 0.368. The Balaban J connectivity index is 1.64. The van der Waals surface area contributed by atoms with Crippen molar-refractivity contribution >= 4 is 23.7 Å². The van der Waals surface area contributed by atoms with Gasteiger partial charge in [0.25, 0.3) is 0 Å². The number of nitrogens with one attached hydrogen (secondary N) is 1. The highest BCUT2D eigenvalue weighted by atomic mass is 32.2. The molecule has 26 heavy (non-hydrogen) atoms. The van der Waals surface area contributed by atoms with Gasteiger partial charge in [0.05, 0.1) is 12.2 Å². The molecule has 1 aromatic heterocycles. The van der Waals surface area contributed by atoms with Crippen LogP contribution in [0, 0.1) is 0 Å². The maximum atomic E-state index is 11.9. The van der Waals surface area contributed by atoms with Crippen LogP contribution in [-0.2, 0) is 9.53 Å². The number of carbonyl (C=O) groups is 2. The van der Waals surface area contributed by atoms with E-state index in [4.69, 9.17) is 14.3 Å². The molecule has 0 amide bonds. The third-order valence-electron chi connectivity index (χ3n) is 4.10. The molecule has 0 radical (unpaired) electrons. The van der Waals surface area contributed by atoms with E-state index < -0.39 is 12.0 Å². The number of furan rings is 1.